The number of amidine groups is 1. The van der Waals surface area contributed by atoms with Gasteiger partial charge >= 0.3 is 6.55 Å². The molecule has 0 spiro atoms. The summed E-state index contributed by atoms with van der Waals surface area (Å²) in [6.07, 6.45) is 7.92. The van der Waals surface area contributed by atoms with Crippen molar-refractivity contribution in [3.8, 4) is 0 Å². The van der Waals surface area contributed by atoms with Gasteiger partial charge in [0.05, 0.1) is 12.2 Å². The van der Waals surface area contributed by atoms with Crippen LogP contribution in [0.5, 0.6) is 0 Å². The second-order valence-corrected chi connectivity index (χ2v) is 13.1. The number of alkyl halides is 2. The first kappa shape index (κ1) is 25.9. The molecule has 0 aromatic carbocycles. The maximum absolute atomic E-state index is 13.6. The first-order valence-corrected chi connectivity index (χ1v) is 15.3. The van der Waals surface area contributed by atoms with E-state index < -0.39 is 28.4 Å². The van der Waals surface area contributed by atoms with E-state index in [-0.39, 0.29) is 31.5 Å². The largest absolute Gasteiger partial charge is 0.381 e. The van der Waals surface area contributed by atoms with Crippen LogP contribution in [-0.2, 0) is 15.8 Å². The Morgan fingerprint density at radius 3 is 2.62 bits per heavy atom. The van der Waals surface area contributed by atoms with Gasteiger partial charge in [0.1, 0.15) is 11.4 Å². The third kappa shape index (κ3) is 4.11. The van der Waals surface area contributed by atoms with Crippen molar-refractivity contribution in [3.05, 3.63) is 58.5 Å². The number of piperidine rings is 1. The topological polar surface area (TPSA) is 145 Å². The number of fused-ring (bicyclic) bond motifs is 3. The molecule has 3 fully saturated rings. The Morgan fingerprint density at radius 2 is 1.98 bits per heavy atom. The number of aromatic amines is 1. The molecule has 40 heavy (non-hydrogen) atoms. The van der Waals surface area contributed by atoms with E-state index in [2.05, 4.69) is 29.8 Å². The standard InChI is InChI=1S/C24H27F2N9O3S2/c25-23(26)35-7-3-18(31-35)17-10-30-20(21-27-6-8-39-21)34-13-16(9-19(17)34)32-40(37,38)33-11-14-1-2-15(12-33)24(14,36)22-28-4-5-29-22/h3-8,14-16,23,32,36H,1-2,9-13H2,(H,28,29). The Balaban J connectivity index is 1.14. The molecule has 212 valence electrons. The summed E-state index contributed by atoms with van der Waals surface area (Å²) in [5.74, 6) is 0.572. The average Bonchev–Trinajstić information content (AvgIpc) is 3.74. The smallest absolute Gasteiger partial charge is 0.333 e. The van der Waals surface area contributed by atoms with Crippen LogP contribution in [0.4, 0.5) is 8.78 Å². The normalized spacial score (nSPS) is 28.9. The van der Waals surface area contributed by atoms with E-state index in [0.29, 0.717) is 58.4 Å². The highest BCUT2D eigenvalue weighted by atomic mass is 32.2. The van der Waals surface area contributed by atoms with Crippen molar-refractivity contribution in [2.75, 3.05) is 26.2 Å². The number of halogens is 2. The summed E-state index contributed by atoms with van der Waals surface area (Å²) in [6, 6.07) is 1.04. The molecular weight excluding hydrogens is 564 g/mol. The van der Waals surface area contributed by atoms with Gasteiger partial charge in [-0.1, -0.05) is 0 Å². The van der Waals surface area contributed by atoms with Gasteiger partial charge in [0, 0.05) is 85.4 Å². The molecule has 12 nitrogen and oxygen atoms in total. The Hall–Kier alpha value is -3.05. The number of aliphatic imine (C=N–C) groups is 1. The van der Waals surface area contributed by atoms with Crippen LogP contribution in [0.1, 0.15) is 42.3 Å². The molecule has 6 heterocycles. The molecule has 0 radical (unpaired) electrons. The summed E-state index contributed by atoms with van der Waals surface area (Å²) in [5, 5.41) is 18.1. The number of H-pyrrole nitrogens is 1. The predicted molar refractivity (Wildman–Crippen MR) is 141 cm³/mol. The van der Waals surface area contributed by atoms with Crippen LogP contribution < -0.4 is 4.72 Å². The minimum absolute atomic E-state index is 0.185. The van der Waals surface area contributed by atoms with Gasteiger partial charge in [-0.2, -0.15) is 31.3 Å². The maximum atomic E-state index is 13.6. The highest BCUT2D eigenvalue weighted by Crippen LogP contribution is 2.50. The lowest BCUT2D eigenvalue weighted by molar-refractivity contribution is -0.0807. The third-order valence-corrected chi connectivity index (χ3v) is 10.8. The van der Waals surface area contributed by atoms with E-state index in [1.165, 1.54) is 27.9 Å². The minimum Gasteiger partial charge on any atom is -0.381 e. The quantitative estimate of drug-likeness (QED) is 0.380. The van der Waals surface area contributed by atoms with E-state index in [9.17, 15) is 22.3 Å². The lowest BCUT2D eigenvalue weighted by Crippen LogP contribution is -2.57. The SMILES string of the molecule is O=S(=O)(NC1CC2=C(c3ccn(C(F)F)n3)CN=C(c3nccs3)N2C1)N1CC2CCC(C1)C2(O)c1ncc[nH]1. The summed E-state index contributed by atoms with van der Waals surface area (Å²) in [5.41, 5.74) is 0.680. The lowest BCUT2D eigenvalue weighted by atomic mass is 9.80. The van der Waals surface area contributed by atoms with E-state index in [1.54, 1.807) is 18.6 Å². The van der Waals surface area contributed by atoms with Gasteiger partial charge in [-0.3, -0.25) is 4.99 Å². The molecule has 3 unspecified atom stereocenters. The molecule has 2 saturated heterocycles. The number of imidazole rings is 1. The molecule has 0 amide bonds. The zero-order valence-corrected chi connectivity index (χ0v) is 22.8. The molecule has 3 N–H and O–H groups in total. The van der Waals surface area contributed by atoms with E-state index in [4.69, 9.17) is 0 Å². The van der Waals surface area contributed by atoms with Crippen LogP contribution in [0, 0.1) is 11.8 Å². The van der Waals surface area contributed by atoms with Crippen LogP contribution >= 0.6 is 11.3 Å². The molecule has 7 rings (SSSR count). The number of hydrogen-bond donors (Lipinski definition) is 3. The number of nitrogens with one attached hydrogen (secondary N) is 2. The van der Waals surface area contributed by atoms with Crippen molar-refractivity contribution in [2.24, 2.45) is 16.8 Å². The van der Waals surface area contributed by atoms with Gasteiger partial charge in [-0.25, -0.2) is 14.6 Å². The van der Waals surface area contributed by atoms with Crippen LogP contribution in [0.2, 0.25) is 0 Å². The average molecular weight is 592 g/mol. The summed E-state index contributed by atoms with van der Waals surface area (Å²) in [7, 11) is -3.89. The molecular formula is C24H27F2N9O3S2. The second-order valence-electron chi connectivity index (χ2n) is 10.5. The van der Waals surface area contributed by atoms with E-state index >= 15 is 0 Å². The Kier molecular flexibility index (Phi) is 6.16. The minimum atomic E-state index is -3.89. The molecule has 1 saturated carbocycles. The van der Waals surface area contributed by atoms with Gasteiger partial charge in [0.15, 0.2) is 10.8 Å². The van der Waals surface area contributed by atoms with Crippen LogP contribution in [-0.4, -0.2) is 85.5 Å². The van der Waals surface area contributed by atoms with E-state index in [0.717, 1.165) is 5.70 Å². The Labute approximate surface area is 232 Å². The van der Waals surface area contributed by atoms with Crippen molar-refractivity contribution in [1.29, 1.82) is 0 Å². The number of rotatable bonds is 7. The third-order valence-electron chi connectivity index (χ3n) is 8.39. The number of aromatic nitrogens is 5. The summed E-state index contributed by atoms with van der Waals surface area (Å²) in [6.45, 7) is -1.86. The van der Waals surface area contributed by atoms with Gasteiger partial charge in [-0.05, 0) is 18.9 Å². The van der Waals surface area contributed by atoms with Crippen LogP contribution in [0.25, 0.3) is 5.57 Å². The Bertz CT molecular complexity index is 1560. The lowest BCUT2D eigenvalue weighted by Gasteiger charge is -2.42. The number of aliphatic hydroxyl groups is 1. The molecule has 16 heteroatoms. The summed E-state index contributed by atoms with van der Waals surface area (Å²) < 4.78 is 58.6. The molecule has 4 aliphatic rings. The zero-order chi connectivity index (χ0) is 27.6. The number of thiazole rings is 1. The van der Waals surface area contributed by atoms with Gasteiger partial charge < -0.3 is 15.0 Å². The summed E-state index contributed by atoms with van der Waals surface area (Å²) in [4.78, 5) is 18.3. The van der Waals surface area contributed by atoms with Crippen molar-refractivity contribution in [1.82, 2.24) is 38.7 Å². The second kappa shape index (κ2) is 9.51. The first-order valence-electron chi connectivity index (χ1n) is 13.0. The predicted octanol–water partition coefficient (Wildman–Crippen LogP) is 1.77. The fraction of sp³-hybridized carbons (Fsp3) is 0.500. The van der Waals surface area contributed by atoms with Gasteiger partial charge in [0.2, 0.25) is 0 Å². The van der Waals surface area contributed by atoms with Crippen molar-refractivity contribution < 1.29 is 22.3 Å². The number of hydrogen-bond acceptors (Lipinski definition) is 9. The van der Waals surface area contributed by atoms with Gasteiger partial charge in [0.25, 0.3) is 10.2 Å². The maximum Gasteiger partial charge on any atom is 0.333 e. The molecule has 3 aromatic heterocycles. The van der Waals surface area contributed by atoms with Gasteiger partial charge in [-0.15, -0.1) is 11.3 Å². The zero-order valence-electron chi connectivity index (χ0n) is 21.2. The number of nitrogens with zero attached hydrogens (tertiary/aromatic N) is 7. The molecule has 3 aromatic rings. The first-order chi connectivity index (χ1) is 19.2. The fourth-order valence-corrected chi connectivity index (χ4v) is 8.69. The van der Waals surface area contributed by atoms with E-state index in [1.807, 2.05) is 10.3 Å². The fourth-order valence-electron chi connectivity index (χ4n) is 6.56. The Morgan fingerprint density at radius 1 is 1.18 bits per heavy atom. The molecule has 2 bridgehead atoms. The molecule has 3 aliphatic heterocycles. The van der Waals surface area contributed by atoms with Crippen molar-refractivity contribution in [3.63, 3.8) is 0 Å². The molecule has 3 atom stereocenters. The van der Waals surface area contributed by atoms with Crippen molar-refractivity contribution in [2.45, 2.75) is 37.5 Å². The van der Waals surface area contributed by atoms with Crippen molar-refractivity contribution >= 4 is 33.0 Å². The monoisotopic (exact) mass is 591 g/mol. The summed E-state index contributed by atoms with van der Waals surface area (Å²) >= 11 is 1.42. The molecule has 1 aliphatic carbocycles. The van der Waals surface area contributed by atoms with Crippen LogP contribution in [0.15, 0.2) is 46.9 Å². The highest BCUT2D eigenvalue weighted by molar-refractivity contribution is 7.87. The highest BCUT2D eigenvalue weighted by Gasteiger charge is 2.57. The van der Waals surface area contributed by atoms with Crippen LogP contribution in [0.3, 0.4) is 0 Å².